The first-order valence-electron chi connectivity index (χ1n) is 7.08. The van der Waals surface area contributed by atoms with Gasteiger partial charge < -0.3 is 28.4 Å². The maximum atomic E-state index is 11.4. The maximum Gasteiger partial charge on any atom is 0.303 e. The third kappa shape index (κ3) is 3.75. The van der Waals surface area contributed by atoms with Crippen LogP contribution in [0.3, 0.4) is 0 Å². The highest BCUT2D eigenvalue weighted by Gasteiger charge is 2.54. The molecule has 0 aromatic carbocycles. The highest BCUT2D eigenvalue weighted by Crippen LogP contribution is 2.35. The number of ether oxygens (including phenoxy) is 6. The van der Waals surface area contributed by atoms with Crippen LogP contribution in [0, 0.1) is 0 Å². The Morgan fingerprint density at radius 2 is 1.68 bits per heavy atom. The van der Waals surface area contributed by atoms with Crippen LogP contribution >= 0.6 is 0 Å². The number of hydrogen-bond acceptors (Lipinski definition) is 8. The van der Waals surface area contributed by atoms with Crippen LogP contribution in [0.15, 0.2) is 0 Å². The number of rotatable bonds is 3. The molecule has 0 N–H and O–H groups in total. The van der Waals surface area contributed by atoms with E-state index in [2.05, 4.69) is 0 Å². The van der Waals surface area contributed by atoms with Gasteiger partial charge in [0.1, 0.15) is 12.2 Å². The smallest absolute Gasteiger partial charge is 0.303 e. The summed E-state index contributed by atoms with van der Waals surface area (Å²) in [5, 5.41) is 0. The van der Waals surface area contributed by atoms with Gasteiger partial charge in [0.05, 0.1) is 6.61 Å². The van der Waals surface area contributed by atoms with Crippen LogP contribution in [0.4, 0.5) is 0 Å². The highest BCUT2D eigenvalue weighted by atomic mass is 16.8. The van der Waals surface area contributed by atoms with Crippen molar-refractivity contribution in [2.45, 2.75) is 64.2 Å². The van der Waals surface area contributed by atoms with E-state index >= 15 is 0 Å². The monoisotopic (exact) mass is 318 g/mol. The number of methoxy groups -OCH3 is 1. The van der Waals surface area contributed by atoms with E-state index in [0.717, 1.165) is 0 Å². The quantitative estimate of drug-likeness (QED) is 0.690. The Kier molecular flexibility index (Phi) is 5.06. The molecular weight excluding hydrogens is 296 g/mol. The van der Waals surface area contributed by atoms with Crippen molar-refractivity contribution in [3.05, 3.63) is 0 Å². The molecule has 2 aliphatic heterocycles. The second-order valence-corrected chi connectivity index (χ2v) is 5.72. The summed E-state index contributed by atoms with van der Waals surface area (Å²) < 4.78 is 32.9. The first-order chi connectivity index (χ1) is 10.2. The third-order valence-corrected chi connectivity index (χ3v) is 3.44. The number of carbonyl (C=O) groups excluding carboxylic acids is 2. The van der Waals surface area contributed by atoms with E-state index in [-0.39, 0.29) is 6.61 Å². The predicted octanol–water partition coefficient (Wildman–Crippen LogP) is 0.373. The molecule has 2 rings (SSSR count). The Morgan fingerprint density at radius 3 is 2.23 bits per heavy atom. The SMILES string of the molecule is CO[C@H]1O[C@@H]2COC(C)(C)O[C@H]2[C@H](OC(C)=O)[C@H]1OC(C)=O. The summed E-state index contributed by atoms with van der Waals surface area (Å²) >= 11 is 0. The van der Waals surface area contributed by atoms with Crippen molar-refractivity contribution >= 4 is 11.9 Å². The van der Waals surface area contributed by atoms with Crippen molar-refractivity contribution in [2.75, 3.05) is 13.7 Å². The van der Waals surface area contributed by atoms with E-state index in [1.165, 1.54) is 21.0 Å². The molecule has 0 aromatic rings. The van der Waals surface area contributed by atoms with Gasteiger partial charge in [-0.05, 0) is 13.8 Å². The van der Waals surface area contributed by atoms with E-state index in [0.29, 0.717) is 0 Å². The fourth-order valence-electron chi connectivity index (χ4n) is 2.63. The van der Waals surface area contributed by atoms with Crippen LogP contribution in [-0.4, -0.2) is 62.1 Å². The molecule has 0 bridgehead atoms. The Bertz CT molecular complexity index is 435. The van der Waals surface area contributed by atoms with Gasteiger partial charge in [-0.2, -0.15) is 0 Å². The molecule has 5 atom stereocenters. The molecule has 22 heavy (non-hydrogen) atoms. The van der Waals surface area contributed by atoms with Crippen molar-refractivity contribution in [2.24, 2.45) is 0 Å². The van der Waals surface area contributed by atoms with Crippen LogP contribution in [0.25, 0.3) is 0 Å². The van der Waals surface area contributed by atoms with E-state index in [1.807, 2.05) is 0 Å². The van der Waals surface area contributed by atoms with Crippen LogP contribution in [0.5, 0.6) is 0 Å². The van der Waals surface area contributed by atoms with Gasteiger partial charge in [-0.3, -0.25) is 9.59 Å². The standard InChI is InChI=1S/C14H22O8/c1-7(15)19-11-10-9(6-18-14(3,4)22-10)21-13(17-5)12(11)20-8(2)16/h9-13H,6H2,1-5H3/t9-,10-,11+,12-,13+/m1/s1. The second kappa shape index (κ2) is 6.49. The molecule has 126 valence electrons. The van der Waals surface area contributed by atoms with Crippen LogP contribution < -0.4 is 0 Å². The van der Waals surface area contributed by atoms with Gasteiger partial charge >= 0.3 is 11.9 Å². The number of hydrogen-bond donors (Lipinski definition) is 0. The van der Waals surface area contributed by atoms with E-state index < -0.39 is 48.4 Å². The topological polar surface area (TPSA) is 89.5 Å². The zero-order valence-electron chi connectivity index (χ0n) is 13.4. The lowest BCUT2D eigenvalue weighted by Crippen LogP contribution is -2.66. The largest absolute Gasteiger partial charge is 0.455 e. The zero-order valence-corrected chi connectivity index (χ0v) is 13.4. The zero-order chi connectivity index (χ0) is 16.5. The molecule has 0 radical (unpaired) electrons. The molecule has 2 aliphatic rings. The van der Waals surface area contributed by atoms with Gasteiger partial charge in [0.15, 0.2) is 24.3 Å². The van der Waals surface area contributed by atoms with E-state index in [9.17, 15) is 9.59 Å². The van der Waals surface area contributed by atoms with Gasteiger partial charge in [-0.25, -0.2) is 0 Å². The molecule has 0 aromatic heterocycles. The minimum absolute atomic E-state index is 0.252. The highest BCUT2D eigenvalue weighted by molar-refractivity contribution is 5.67. The summed E-state index contributed by atoms with van der Waals surface area (Å²) in [7, 11) is 1.42. The Hall–Kier alpha value is -1.22. The molecule has 0 amide bonds. The van der Waals surface area contributed by atoms with Gasteiger partial charge in [-0.1, -0.05) is 0 Å². The average Bonchev–Trinajstić information content (AvgIpc) is 2.40. The van der Waals surface area contributed by atoms with Crippen molar-refractivity contribution in [3.63, 3.8) is 0 Å². The number of esters is 2. The van der Waals surface area contributed by atoms with Crippen molar-refractivity contribution < 1.29 is 38.0 Å². The fourth-order valence-corrected chi connectivity index (χ4v) is 2.63. The van der Waals surface area contributed by atoms with Gasteiger partial charge in [0.25, 0.3) is 0 Å². The van der Waals surface area contributed by atoms with Crippen molar-refractivity contribution in [3.8, 4) is 0 Å². The summed E-state index contributed by atoms with van der Waals surface area (Å²) in [6, 6.07) is 0. The molecule has 2 heterocycles. The minimum Gasteiger partial charge on any atom is -0.455 e. The lowest BCUT2D eigenvalue weighted by Gasteiger charge is -2.49. The summed E-state index contributed by atoms with van der Waals surface area (Å²) in [4.78, 5) is 22.8. The number of carbonyl (C=O) groups is 2. The van der Waals surface area contributed by atoms with E-state index in [4.69, 9.17) is 28.4 Å². The van der Waals surface area contributed by atoms with Gasteiger partial charge in [0.2, 0.25) is 0 Å². The summed E-state index contributed by atoms with van der Waals surface area (Å²) in [6.45, 7) is 6.29. The Labute approximate surface area is 128 Å². The molecule has 0 saturated carbocycles. The molecule has 0 spiro atoms. The molecule has 0 aliphatic carbocycles. The molecular formula is C14H22O8. The van der Waals surface area contributed by atoms with Crippen molar-refractivity contribution in [1.82, 2.24) is 0 Å². The molecule has 2 saturated heterocycles. The second-order valence-electron chi connectivity index (χ2n) is 5.72. The lowest BCUT2D eigenvalue weighted by molar-refractivity contribution is -0.380. The summed E-state index contributed by atoms with van der Waals surface area (Å²) in [5.41, 5.74) is 0. The van der Waals surface area contributed by atoms with Crippen molar-refractivity contribution in [1.29, 1.82) is 0 Å². The first kappa shape index (κ1) is 17.1. The third-order valence-electron chi connectivity index (χ3n) is 3.44. The molecule has 8 nitrogen and oxygen atoms in total. The van der Waals surface area contributed by atoms with Crippen LogP contribution in [-0.2, 0) is 38.0 Å². The maximum absolute atomic E-state index is 11.4. The lowest BCUT2D eigenvalue weighted by atomic mass is 9.97. The normalized spacial score (nSPS) is 37.0. The van der Waals surface area contributed by atoms with Gasteiger partial charge in [-0.15, -0.1) is 0 Å². The first-order valence-corrected chi connectivity index (χ1v) is 7.08. The average molecular weight is 318 g/mol. The minimum atomic E-state index is -0.915. The Morgan fingerprint density at radius 1 is 1.09 bits per heavy atom. The summed E-state index contributed by atoms with van der Waals surface area (Å²) in [5.74, 6) is -1.90. The van der Waals surface area contributed by atoms with Crippen LogP contribution in [0.1, 0.15) is 27.7 Å². The van der Waals surface area contributed by atoms with Crippen LogP contribution in [0.2, 0.25) is 0 Å². The number of fused-ring (bicyclic) bond motifs is 1. The molecule has 2 fully saturated rings. The Balaban J connectivity index is 2.29. The fraction of sp³-hybridized carbons (Fsp3) is 0.857. The summed E-state index contributed by atoms with van der Waals surface area (Å²) in [6.07, 6.45) is -3.74. The molecule has 8 heteroatoms. The van der Waals surface area contributed by atoms with Gasteiger partial charge in [0, 0.05) is 21.0 Å². The predicted molar refractivity (Wildman–Crippen MR) is 71.7 cm³/mol. The molecule has 0 unspecified atom stereocenters. The van der Waals surface area contributed by atoms with E-state index in [1.54, 1.807) is 13.8 Å².